The minimum Gasteiger partial charge on any atom is -0.489 e. The van der Waals surface area contributed by atoms with E-state index in [1.54, 1.807) is 29.2 Å². The van der Waals surface area contributed by atoms with Crippen LogP contribution in [0.4, 0.5) is 0 Å². The summed E-state index contributed by atoms with van der Waals surface area (Å²) in [6.45, 7) is 7.27. The Morgan fingerprint density at radius 1 is 0.977 bits per heavy atom. The average Bonchev–Trinajstić information content (AvgIpc) is 3.34. The van der Waals surface area contributed by atoms with E-state index in [0.717, 1.165) is 49.5 Å². The van der Waals surface area contributed by atoms with Gasteiger partial charge in [-0.3, -0.25) is 24.3 Å². The minimum absolute atomic E-state index is 0.0666. The third kappa shape index (κ3) is 7.69. The van der Waals surface area contributed by atoms with Crippen molar-refractivity contribution in [2.45, 2.75) is 50.4 Å². The molecular weight excluding hydrogens is 586 g/mol. The number of morpholine rings is 1. The Kier molecular flexibility index (Phi) is 9.74. The molecule has 0 aromatic heterocycles. The highest BCUT2D eigenvalue weighted by Crippen LogP contribution is 2.34. The Hall–Kier alpha value is -4.10. The van der Waals surface area contributed by atoms with Crippen molar-refractivity contribution in [2.24, 2.45) is 0 Å². The number of nitrogens with zero attached hydrogens (tertiary/aromatic N) is 1. The Bertz CT molecular complexity index is 1620. The van der Waals surface area contributed by atoms with Crippen LogP contribution in [0.15, 0.2) is 71.6 Å². The molecule has 2 saturated heterocycles. The van der Waals surface area contributed by atoms with E-state index >= 15 is 0 Å². The van der Waals surface area contributed by atoms with E-state index < -0.39 is 22.1 Å². The van der Waals surface area contributed by atoms with Crippen molar-refractivity contribution in [1.82, 2.24) is 10.2 Å². The van der Waals surface area contributed by atoms with Gasteiger partial charge in [0.05, 0.1) is 24.7 Å². The van der Waals surface area contributed by atoms with Crippen molar-refractivity contribution in [3.05, 3.63) is 94.5 Å². The summed E-state index contributed by atoms with van der Waals surface area (Å²) in [5.41, 5.74) is 4.65. The number of rotatable bonds is 7. The van der Waals surface area contributed by atoms with Crippen molar-refractivity contribution < 1.29 is 41.7 Å². The molecule has 0 saturated carbocycles. The number of nitrogens with one attached hydrogen (secondary N) is 2. The Morgan fingerprint density at radius 3 is 2.32 bits per heavy atom. The number of piperidine rings is 1. The van der Waals surface area contributed by atoms with E-state index in [1.807, 2.05) is 13.0 Å². The monoisotopic (exact) mass is 622 g/mol. The van der Waals surface area contributed by atoms with Crippen LogP contribution in [0.1, 0.15) is 45.5 Å². The molecule has 3 amide bonds. The van der Waals surface area contributed by atoms with Gasteiger partial charge >= 0.3 is 0 Å². The largest absolute Gasteiger partial charge is 0.489 e. The average molecular weight is 623 g/mol. The molecule has 3 heterocycles. The maximum Gasteiger partial charge on any atom is 0.294 e. The molecular formula is C32H36N3O8S+. The van der Waals surface area contributed by atoms with Gasteiger partial charge in [0, 0.05) is 23.1 Å². The highest BCUT2D eigenvalue weighted by atomic mass is 32.2. The zero-order chi connectivity index (χ0) is 31.3. The second kappa shape index (κ2) is 13.7. The molecule has 11 nitrogen and oxygen atoms in total. The number of carbonyl (C=O) groups is 3. The predicted octanol–water partition coefficient (Wildman–Crippen LogP) is 1.68. The van der Waals surface area contributed by atoms with Crippen molar-refractivity contribution in [3.8, 4) is 5.75 Å². The Morgan fingerprint density at radius 2 is 1.66 bits per heavy atom. The van der Waals surface area contributed by atoms with Crippen LogP contribution in [0, 0.1) is 6.92 Å². The lowest BCUT2D eigenvalue weighted by molar-refractivity contribution is -0.921. The first kappa shape index (κ1) is 31.3. The lowest BCUT2D eigenvalue weighted by Gasteiger charge is -2.29. The Labute approximate surface area is 256 Å². The van der Waals surface area contributed by atoms with Crippen molar-refractivity contribution in [2.75, 3.05) is 26.3 Å². The van der Waals surface area contributed by atoms with E-state index in [1.165, 1.54) is 22.6 Å². The van der Waals surface area contributed by atoms with Gasteiger partial charge in [0.1, 0.15) is 38.0 Å². The SMILES string of the molecule is Cc1ccc(S(=O)(=O)O)cc1.O=C1CC[C@H](N2Cc3c(OCc4ccc(C[NH+]5CCOCC5)cc4)cccc3C2=O)C(=O)N1. The fraction of sp³-hybridized carbons (Fsp3) is 0.344. The van der Waals surface area contributed by atoms with E-state index in [9.17, 15) is 22.8 Å². The van der Waals surface area contributed by atoms with Gasteiger partial charge in [0.25, 0.3) is 16.0 Å². The van der Waals surface area contributed by atoms with Crippen molar-refractivity contribution in [1.29, 1.82) is 0 Å². The predicted molar refractivity (Wildman–Crippen MR) is 159 cm³/mol. The summed E-state index contributed by atoms with van der Waals surface area (Å²) in [6.07, 6.45) is 0.585. The number of hydrogen-bond donors (Lipinski definition) is 3. The quantitative estimate of drug-likeness (QED) is 0.267. The molecule has 6 rings (SSSR count). The number of fused-ring (bicyclic) bond motifs is 1. The van der Waals surface area contributed by atoms with Gasteiger partial charge in [-0.2, -0.15) is 8.42 Å². The van der Waals surface area contributed by atoms with Gasteiger partial charge in [-0.25, -0.2) is 0 Å². The molecule has 0 spiro atoms. The van der Waals surface area contributed by atoms with Crippen LogP contribution in [0.2, 0.25) is 0 Å². The number of imide groups is 1. The van der Waals surface area contributed by atoms with Gasteiger partial charge < -0.3 is 19.3 Å². The summed E-state index contributed by atoms with van der Waals surface area (Å²) in [6, 6.07) is 19.2. The molecule has 2 fully saturated rings. The standard InChI is InChI=1S/C25H27N3O5.C7H8O3S/c29-23-9-8-21(24(30)26-23)28-15-20-19(25(28)31)2-1-3-22(20)33-16-18-6-4-17(5-7-18)14-27-10-12-32-13-11-27;1-6-2-4-7(5-3-6)11(8,9)10/h1-7,21H,8-16H2,(H,26,29,30);2-5H,1H3,(H,8,9,10)/p+1/t21-;/m0./s1. The number of carbonyl (C=O) groups excluding carboxylic acids is 3. The van der Waals surface area contributed by atoms with E-state index in [-0.39, 0.29) is 23.1 Å². The molecule has 0 bridgehead atoms. The van der Waals surface area contributed by atoms with Crippen molar-refractivity contribution >= 4 is 27.8 Å². The van der Waals surface area contributed by atoms with Crippen LogP contribution in [0.25, 0.3) is 0 Å². The van der Waals surface area contributed by atoms with Crippen LogP contribution in [0.3, 0.4) is 0 Å². The van der Waals surface area contributed by atoms with Gasteiger partial charge in [-0.1, -0.05) is 48.0 Å². The molecule has 3 aliphatic heterocycles. The lowest BCUT2D eigenvalue weighted by Crippen LogP contribution is -3.12. The van der Waals surface area contributed by atoms with Crippen LogP contribution < -0.4 is 15.0 Å². The number of benzene rings is 3. The third-order valence-electron chi connectivity index (χ3n) is 7.93. The summed E-state index contributed by atoms with van der Waals surface area (Å²) < 4.78 is 41.1. The van der Waals surface area contributed by atoms with Gasteiger partial charge in [-0.05, 0) is 43.2 Å². The zero-order valence-corrected chi connectivity index (χ0v) is 25.3. The lowest BCUT2D eigenvalue weighted by atomic mass is 10.0. The molecule has 3 aromatic rings. The molecule has 3 aliphatic rings. The first-order valence-corrected chi connectivity index (χ1v) is 15.9. The van der Waals surface area contributed by atoms with E-state index in [4.69, 9.17) is 14.0 Å². The smallest absolute Gasteiger partial charge is 0.294 e. The van der Waals surface area contributed by atoms with E-state index in [2.05, 4.69) is 29.6 Å². The highest BCUT2D eigenvalue weighted by Gasteiger charge is 2.40. The fourth-order valence-corrected chi connectivity index (χ4v) is 5.92. The van der Waals surface area contributed by atoms with Gasteiger partial charge in [0.15, 0.2) is 0 Å². The number of amides is 3. The second-order valence-electron chi connectivity index (χ2n) is 11.1. The molecule has 0 aliphatic carbocycles. The van der Waals surface area contributed by atoms with Crippen LogP contribution in [-0.4, -0.2) is 67.9 Å². The summed E-state index contributed by atoms with van der Waals surface area (Å²) in [5.74, 6) is -0.243. The number of ether oxygens (including phenoxy) is 2. The van der Waals surface area contributed by atoms with E-state index in [0.29, 0.717) is 30.9 Å². The molecule has 0 unspecified atom stereocenters. The summed E-state index contributed by atoms with van der Waals surface area (Å²) in [5, 5.41) is 2.33. The first-order chi connectivity index (χ1) is 21.1. The molecule has 3 N–H and O–H groups in total. The molecule has 232 valence electrons. The van der Waals surface area contributed by atoms with Crippen molar-refractivity contribution in [3.63, 3.8) is 0 Å². The summed E-state index contributed by atoms with van der Waals surface area (Å²) in [4.78, 5) is 39.7. The normalized spacial score (nSPS) is 18.7. The highest BCUT2D eigenvalue weighted by molar-refractivity contribution is 7.85. The number of quaternary nitrogens is 1. The summed E-state index contributed by atoms with van der Waals surface area (Å²) >= 11 is 0. The molecule has 1 atom stereocenters. The van der Waals surface area contributed by atoms with Gasteiger partial charge in [0.2, 0.25) is 11.8 Å². The van der Waals surface area contributed by atoms with Gasteiger partial charge in [-0.15, -0.1) is 0 Å². The summed E-state index contributed by atoms with van der Waals surface area (Å²) in [7, 11) is -4.02. The van der Waals surface area contributed by atoms with Crippen LogP contribution in [-0.2, 0) is 44.1 Å². The topological polar surface area (TPSA) is 144 Å². The minimum atomic E-state index is -4.02. The maximum atomic E-state index is 12.9. The fourth-order valence-electron chi connectivity index (χ4n) is 5.44. The molecule has 44 heavy (non-hydrogen) atoms. The number of hydrogen-bond acceptors (Lipinski definition) is 7. The zero-order valence-electron chi connectivity index (χ0n) is 24.5. The molecule has 3 aromatic carbocycles. The van der Waals surface area contributed by atoms with Crippen LogP contribution in [0.5, 0.6) is 5.75 Å². The second-order valence-corrected chi connectivity index (χ2v) is 12.5. The van der Waals surface area contributed by atoms with Crippen LogP contribution >= 0.6 is 0 Å². The molecule has 0 radical (unpaired) electrons. The number of aryl methyl sites for hydroxylation is 1. The molecule has 12 heteroatoms. The maximum absolute atomic E-state index is 12.9. The first-order valence-electron chi connectivity index (χ1n) is 14.5. The Balaban J connectivity index is 0.000000296. The third-order valence-corrected chi connectivity index (χ3v) is 8.80.